The van der Waals surface area contributed by atoms with Gasteiger partial charge < -0.3 is 10.3 Å². The Bertz CT molecular complexity index is 694. The Morgan fingerprint density at radius 2 is 2.10 bits per heavy atom. The van der Waals surface area contributed by atoms with Crippen LogP contribution < -0.4 is 10.7 Å². The molecule has 0 bridgehead atoms. The zero-order valence-electron chi connectivity index (χ0n) is 11.2. The summed E-state index contributed by atoms with van der Waals surface area (Å²) in [7, 11) is 0. The molecule has 1 aromatic carbocycles. The Morgan fingerprint density at radius 3 is 2.75 bits per heavy atom. The number of aryl methyl sites for hydroxylation is 1. The molecule has 1 unspecified atom stereocenters. The lowest BCUT2D eigenvalue weighted by atomic mass is 10.1. The van der Waals surface area contributed by atoms with Crippen LogP contribution in [0, 0.1) is 6.92 Å². The van der Waals surface area contributed by atoms with Crippen LogP contribution in [0.5, 0.6) is 0 Å². The van der Waals surface area contributed by atoms with Crippen LogP contribution in [0.25, 0.3) is 0 Å². The molecule has 5 heteroatoms. The topological polar surface area (TPSA) is 62.0 Å². The van der Waals surface area contributed by atoms with Gasteiger partial charge in [0.1, 0.15) is 5.56 Å². The van der Waals surface area contributed by atoms with E-state index in [-0.39, 0.29) is 22.9 Å². The van der Waals surface area contributed by atoms with Crippen molar-refractivity contribution < 1.29 is 4.79 Å². The van der Waals surface area contributed by atoms with Crippen LogP contribution in [0.15, 0.2) is 45.8 Å². The third kappa shape index (κ3) is 3.36. The van der Waals surface area contributed by atoms with Crippen LogP contribution in [0.1, 0.15) is 34.6 Å². The molecule has 0 radical (unpaired) electrons. The largest absolute Gasteiger partial charge is 0.364 e. The molecule has 0 saturated heterocycles. The fraction of sp³-hybridized carbons (Fsp3) is 0.200. The first-order valence-corrected chi connectivity index (χ1v) is 7.02. The molecule has 20 heavy (non-hydrogen) atoms. The van der Waals surface area contributed by atoms with Crippen LogP contribution in [0.3, 0.4) is 0 Å². The number of aromatic amines is 1. The quantitative estimate of drug-likeness (QED) is 0.906. The van der Waals surface area contributed by atoms with Crippen molar-refractivity contribution in [3.8, 4) is 0 Å². The minimum absolute atomic E-state index is 0.123. The van der Waals surface area contributed by atoms with Crippen LogP contribution in [-0.2, 0) is 0 Å². The highest BCUT2D eigenvalue weighted by molar-refractivity contribution is 9.10. The van der Waals surface area contributed by atoms with Gasteiger partial charge in [0, 0.05) is 22.4 Å². The second kappa shape index (κ2) is 6.05. The summed E-state index contributed by atoms with van der Waals surface area (Å²) in [6.07, 6.45) is 1.45. The summed E-state index contributed by atoms with van der Waals surface area (Å²) in [6, 6.07) is 8.92. The Balaban J connectivity index is 2.17. The Kier molecular flexibility index (Phi) is 4.39. The van der Waals surface area contributed by atoms with E-state index in [9.17, 15) is 9.59 Å². The number of H-pyrrole nitrogens is 1. The lowest BCUT2D eigenvalue weighted by Crippen LogP contribution is -2.30. The Morgan fingerprint density at radius 1 is 1.35 bits per heavy atom. The molecule has 1 atom stereocenters. The van der Waals surface area contributed by atoms with Gasteiger partial charge in [-0.3, -0.25) is 9.59 Å². The molecule has 1 amide bonds. The highest BCUT2D eigenvalue weighted by Crippen LogP contribution is 2.17. The molecular formula is C15H15BrN2O2. The van der Waals surface area contributed by atoms with Crippen LogP contribution in [0.4, 0.5) is 0 Å². The van der Waals surface area contributed by atoms with Gasteiger partial charge in [-0.1, -0.05) is 28.1 Å². The van der Waals surface area contributed by atoms with E-state index in [1.165, 1.54) is 12.3 Å². The van der Waals surface area contributed by atoms with Crippen LogP contribution in [0.2, 0.25) is 0 Å². The maximum Gasteiger partial charge on any atom is 0.257 e. The van der Waals surface area contributed by atoms with E-state index in [2.05, 4.69) is 26.2 Å². The molecule has 0 spiro atoms. The van der Waals surface area contributed by atoms with E-state index >= 15 is 0 Å². The number of halogens is 1. The number of hydrogen-bond acceptors (Lipinski definition) is 2. The zero-order chi connectivity index (χ0) is 14.7. The van der Waals surface area contributed by atoms with Gasteiger partial charge in [0.2, 0.25) is 0 Å². The average molecular weight is 335 g/mol. The standard InChI is InChI=1S/C15H15BrN2O2/c1-9-6-14(19)13(8-17-9)15(20)18-10(2)11-4-3-5-12(16)7-11/h3-8,10H,1-2H3,(H,17,19)(H,18,20). The monoisotopic (exact) mass is 334 g/mol. The van der Waals surface area contributed by atoms with E-state index in [1.807, 2.05) is 31.2 Å². The van der Waals surface area contributed by atoms with Crippen molar-refractivity contribution in [1.82, 2.24) is 10.3 Å². The molecule has 1 aromatic heterocycles. The van der Waals surface area contributed by atoms with Gasteiger partial charge in [0.05, 0.1) is 6.04 Å². The van der Waals surface area contributed by atoms with E-state index < -0.39 is 0 Å². The minimum atomic E-state index is -0.376. The lowest BCUT2D eigenvalue weighted by Gasteiger charge is -2.14. The number of nitrogens with one attached hydrogen (secondary N) is 2. The summed E-state index contributed by atoms with van der Waals surface area (Å²) in [5, 5.41) is 2.82. The van der Waals surface area contributed by atoms with Gasteiger partial charge >= 0.3 is 0 Å². The third-order valence-electron chi connectivity index (χ3n) is 3.00. The number of pyridine rings is 1. The molecule has 0 fully saturated rings. The van der Waals surface area contributed by atoms with Gasteiger partial charge in [-0.25, -0.2) is 0 Å². The summed E-state index contributed by atoms with van der Waals surface area (Å²) >= 11 is 3.39. The molecule has 2 rings (SSSR count). The summed E-state index contributed by atoms with van der Waals surface area (Å²) in [5.74, 6) is -0.376. The zero-order valence-corrected chi connectivity index (χ0v) is 12.8. The summed E-state index contributed by atoms with van der Waals surface area (Å²) in [4.78, 5) is 26.7. The van der Waals surface area contributed by atoms with Crippen molar-refractivity contribution in [2.75, 3.05) is 0 Å². The average Bonchev–Trinajstić information content (AvgIpc) is 2.38. The number of carbonyl (C=O) groups excluding carboxylic acids is 1. The normalized spacial score (nSPS) is 11.9. The SMILES string of the molecule is Cc1cc(=O)c(C(=O)NC(C)c2cccc(Br)c2)c[nH]1. The summed E-state index contributed by atoms with van der Waals surface area (Å²) in [5.41, 5.74) is 1.54. The van der Waals surface area contributed by atoms with Crippen molar-refractivity contribution in [1.29, 1.82) is 0 Å². The predicted molar refractivity (Wildman–Crippen MR) is 81.8 cm³/mol. The fourth-order valence-corrected chi connectivity index (χ4v) is 2.30. The smallest absolute Gasteiger partial charge is 0.257 e. The van der Waals surface area contributed by atoms with E-state index in [1.54, 1.807) is 6.92 Å². The van der Waals surface area contributed by atoms with Gasteiger partial charge in [0.15, 0.2) is 5.43 Å². The molecule has 2 aromatic rings. The highest BCUT2D eigenvalue weighted by Gasteiger charge is 2.14. The first kappa shape index (κ1) is 14.5. The molecule has 0 saturated carbocycles. The number of carbonyl (C=O) groups is 1. The molecule has 2 N–H and O–H groups in total. The number of benzene rings is 1. The first-order chi connectivity index (χ1) is 9.47. The third-order valence-corrected chi connectivity index (χ3v) is 3.49. The van der Waals surface area contributed by atoms with Gasteiger partial charge in [-0.2, -0.15) is 0 Å². The van der Waals surface area contributed by atoms with Crippen molar-refractivity contribution in [3.63, 3.8) is 0 Å². The summed E-state index contributed by atoms with van der Waals surface area (Å²) < 4.78 is 0.948. The Labute approximate surface area is 125 Å². The number of hydrogen-bond donors (Lipinski definition) is 2. The molecule has 0 aliphatic heterocycles. The van der Waals surface area contributed by atoms with E-state index in [4.69, 9.17) is 0 Å². The van der Waals surface area contributed by atoms with Gasteiger partial charge in [-0.15, -0.1) is 0 Å². The predicted octanol–water partition coefficient (Wildman–Crippen LogP) is 2.94. The molecule has 0 aliphatic rings. The lowest BCUT2D eigenvalue weighted by molar-refractivity contribution is 0.0938. The maximum absolute atomic E-state index is 12.1. The van der Waals surface area contributed by atoms with Crippen molar-refractivity contribution in [2.24, 2.45) is 0 Å². The van der Waals surface area contributed by atoms with E-state index in [0.717, 1.165) is 15.7 Å². The fourth-order valence-electron chi connectivity index (χ4n) is 1.88. The summed E-state index contributed by atoms with van der Waals surface area (Å²) in [6.45, 7) is 3.65. The van der Waals surface area contributed by atoms with Crippen LogP contribution in [-0.4, -0.2) is 10.9 Å². The first-order valence-electron chi connectivity index (χ1n) is 6.23. The molecule has 1 heterocycles. The molecule has 4 nitrogen and oxygen atoms in total. The molecular weight excluding hydrogens is 320 g/mol. The minimum Gasteiger partial charge on any atom is -0.364 e. The number of rotatable bonds is 3. The van der Waals surface area contributed by atoms with Crippen LogP contribution >= 0.6 is 15.9 Å². The molecule has 0 aliphatic carbocycles. The van der Waals surface area contributed by atoms with Gasteiger partial charge in [-0.05, 0) is 31.5 Å². The maximum atomic E-state index is 12.1. The number of aromatic nitrogens is 1. The van der Waals surface area contributed by atoms with Crippen molar-refractivity contribution >= 4 is 21.8 Å². The van der Waals surface area contributed by atoms with E-state index in [0.29, 0.717) is 0 Å². The number of amides is 1. The molecule has 104 valence electrons. The van der Waals surface area contributed by atoms with Gasteiger partial charge in [0.25, 0.3) is 5.91 Å². The second-order valence-electron chi connectivity index (χ2n) is 4.64. The Hall–Kier alpha value is -1.88. The van der Waals surface area contributed by atoms with Crippen molar-refractivity contribution in [2.45, 2.75) is 19.9 Å². The highest BCUT2D eigenvalue weighted by atomic mass is 79.9. The second-order valence-corrected chi connectivity index (χ2v) is 5.56. The van der Waals surface area contributed by atoms with Crippen molar-refractivity contribution in [3.05, 3.63) is 68.0 Å².